The van der Waals surface area contributed by atoms with Crippen LogP contribution >= 0.6 is 0 Å². The van der Waals surface area contributed by atoms with Gasteiger partial charge in [0.15, 0.2) is 0 Å². The maximum Gasteiger partial charge on any atom is 0.124 e. The molecule has 0 unspecified atom stereocenters. The third kappa shape index (κ3) is 21.3. The molecule has 0 aliphatic heterocycles. The molecule has 3 nitrogen and oxygen atoms in total. The van der Waals surface area contributed by atoms with E-state index in [1.165, 1.54) is 121 Å². The Bertz CT molecular complexity index is 625. The third-order valence-electron chi connectivity index (χ3n) is 5.72. The van der Waals surface area contributed by atoms with Crippen molar-refractivity contribution in [2.24, 2.45) is 0 Å². The lowest BCUT2D eigenvalue weighted by Gasteiger charge is -2.05. The van der Waals surface area contributed by atoms with E-state index >= 15 is 0 Å². The van der Waals surface area contributed by atoms with Crippen LogP contribution in [0.15, 0.2) is 29.2 Å². The normalized spacial score (nSPS) is 11.4. The number of aryl methyl sites for hydroxylation is 1. The summed E-state index contributed by atoms with van der Waals surface area (Å²) in [5.41, 5.74) is 0.928. The van der Waals surface area contributed by atoms with Crippen molar-refractivity contribution in [2.45, 2.75) is 121 Å². The van der Waals surface area contributed by atoms with Crippen molar-refractivity contribution in [3.63, 3.8) is 0 Å². The monoisotopic (exact) mass is 486 g/mol. The summed E-state index contributed by atoms with van der Waals surface area (Å²) in [6.07, 6.45) is 28.3. The molecule has 0 aromatic heterocycles. The molecule has 1 rings (SSSR count). The summed E-state index contributed by atoms with van der Waals surface area (Å²) in [5, 5.41) is 0. The molecule has 0 bridgehead atoms. The summed E-state index contributed by atoms with van der Waals surface area (Å²) >= 11 is 0. The number of unbranched alkanes of at least 4 members (excludes halogenated alkanes) is 15. The van der Waals surface area contributed by atoms with Gasteiger partial charge in [0, 0.05) is 0 Å². The largest absolute Gasteiger partial charge is 0.744 e. The first-order valence-corrected chi connectivity index (χ1v) is 16.5. The predicted molar refractivity (Wildman–Crippen MR) is 143 cm³/mol. The molecule has 1 aromatic rings. The van der Waals surface area contributed by atoms with Gasteiger partial charge in [0.05, 0.1) is 17.4 Å². The van der Waals surface area contributed by atoms with E-state index in [0.29, 0.717) is 10.9 Å². The fourth-order valence-corrected chi connectivity index (χ4v) is 4.89. The zero-order chi connectivity index (χ0) is 24.1. The Kier molecular flexibility index (Phi) is 20.7. The molecule has 0 spiro atoms. The minimum absolute atomic E-state index is 0.178. The Morgan fingerprint density at radius 2 is 1.00 bits per heavy atom. The molecule has 0 amide bonds. The van der Waals surface area contributed by atoms with Crippen LogP contribution < -0.4 is 0 Å². The lowest BCUT2D eigenvalue weighted by atomic mass is 10.0. The first kappa shape index (κ1) is 31.5. The van der Waals surface area contributed by atoms with Gasteiger partial charge < -0.3 is 4.55 Å². The van der Waals surface area contributed by atoms with E-state index in [0.717, 1.165) is 5.56 Å². The van der Waals surface area contributed by atoms with Gasteiger partial charge in [-0.15, -0.1) is 0 Å². The zero-order valence-electron chi connectivity index (χ0n) is 21.4. The van der Waals surface area contributed by atoms with Gasteiger partial charge in [-0.25, -0.2) is 8.42 Å². The Hall–Kier alpha value is -0.520. The van der Waals surface area contributed by atoms with Crippen molar-refractivity contribution < 1.29 is 13.0 Å². The molecule has 0 saturated heterocycles. The molecule has 0 atom stereocenters. The standard InChI is InChI=1S/C20H43S.C7H8O3S/c1-4-5-6-7-8-9-10-11-12-13-14-15-16-17-18-19-20-21(2)3;1-6-2-4-7(5-3-6)11(8,9)10/h4-20H2,1-3H3;2-5H,1H3,(H,8,9,10)/q+1;/p-1. The van der Waals surface area contributed by atoms with Gasteiger partial charge in [-0.1, -0.05) is 115 Å². The average Bonchev–Trinajstić information content (AvgIpc) is 2.73. The molecule has 0 saturated carbocycles. The van der Waals surface area contributed by atoms with Crippen LogP contribution in [-0.4, -0.2) is 31.2 Å². The maximum atomic E-state index is 10.4. The Balaban J connectivity index is 0.000000726. The van der Waals surface area contributed by atoms with Gasteiger partial charge in [0.1, 0.15) is 15.9 Å². The van der Waals surface area contributed by atoms with E-state index in [2.05, 4.69) is 19.4 Å². The van der Waals surface area contributed by atoms with Crippen LogP contribution in [0.5, 0.6) is 0 Å². The van der Waals surface area contributed by atoms with E-state index in [9.17, 15) is 13.0 Å². The van der Waals surface area contributed by atoms with Crippen molar-refractivity contribution in [1.82, 2.24) is 0 Å². The molecule has 1 aromatic carbocycles. The van der Waals surface area contributed by atoms with Crippen molar-refractivity contribution in [1.29, 1.82) is 0 Å². The van der Waals surface area contributed by atoms with Crippen molar-refractivity contribution in [2.75, 3.05) is 18.3 Å². The van der Waals surface area contributed by atoms with Crippen LogP contribution in [0, 0.1) is 6.92 Å². The Morgan fingerprint density at radius 3 is 1.31 bits per heavy atom. The first-order chi connectivity index (χ1) is 15.3. The van der Waals surface area contributed by atoms with Crippen LogP contribution in [0.1, 0.15) is 115 Å². The number of hydrogen-bond donors (Lipinski definition) is 0. The quantitative estimate of drug-likeness (QED) is 0.120. The summed E-state index contributed by atoms with van der Waals surface area (Å²) in [7, 11) is -3.60. The van der Waals surface area contributed by atoms with E-state index in [1.807, 2.05) is 6.92 Å². The smallest absolute Gasteiger partial charge is 0.124 e. The second-order valence-corrected chi connectivity index (χ2v) is 13.0. The maximum absolute atomic E-state index is 10.4. The Morgan fingerprint density at radius 1 is 0.656 bits per heavy atom. The third-order valence-corrected chi connectivity index (χ3v) is 7.67. The van der Waals surface area contributed by atoms with E-state index in [1.54, 1.807) is 12.1 Å². The molecule has 32 heavy (non-hydrogen) atoms. The molecular formula is C27H50O3S2. The van der Waals surface area contributed by atoms with Gasteiger partial charge in [0.2, 0.25) is 0 Å². The summed E-state index contributed by atoms with van der Waals surface area (Å²) in [4.78, 5) is -0.178. The molecule has 0 aliphatic rings. The topological polar surface area (TPSA) is 57.2 Å². The summed E-state index contributed by atoms with van der Waals surface area (Å²) in [5.74, 6) is 1.46. The highest BCUT2D eigenvalue weighted by Crippen LogP contribution is 2.14. The van der Waals surface area contributed by atoms with E-state index in [4.69, 9.17) is 0 Å². The minimum Gasteiger partial charge on any atom is -0.744 e. The van der Waals surface area contributed by atoms with Crippen molar-refractivity contribution >= 4 is 21.0 Å². The molecule has 0 radical (unpaired) electrons. The first-order valence-electron chi connectivity index (χ1n) is 12.8. The van der Waals surface area contributed by atoms with Crippen molar-refractivity contribution in [3.8, 4) is 0 Å². The highest BCUT2D eigenvalue weighted by atomic mass is 32.2. The number of rotatable bonds is 18. The van der Waals surface area contributed by atoms with E-state index in [-0.39, 0.29) is 4.90 Å². The fourth-order valence-electron chi connectivity index (χ4n) is 3.64. The molecule has 188 valence electrons. The molecule has 5 heteroatoms. The van der Waals surface area contributed by atoms with Crippen LogP contribution in [-0.2, 0) is 21.0 Å². The molecule has 0 aliphatic carbocycles. The molecule has 0 heterocycles. The second-order valence-electron chi connectivity index (χ2n) is 9.26. The van der Waals surface area contributed by atoms with Gasteiger partial charge in [-0.05, 0) is 42.8 Å². The predicted octanol–water partition coefficient (Wildman–Crippen LogP) is 8.02. The summed E-state index contributed by atoms with van der Waals surface area (Å²) in [6.45, 7) is 4.12. The highest BCUT2D eigenvalue weighted by Gasteiger charge is 2.01. The second kappa shape index (κ2) is 21.0. The van der Waals surface area contributed by atoms with Crippen LogP contribution in [0.25, 0.3) is 0 Å². The minimum atomic E-state index is -4.27. The van der Waals surface area contributed by atoms with Crippen molar-refractivity contribution in [3.05, 3.63) is 29.8 Å². The van der Waals surface area contributed by atoms with Gasteiger partial charge in [-0.3, -0.25) is 0 Å². The molecule has 0 fully saturated rings. The SMILES string of the molecule is CCCCCCCCCCCCCCCCCC[S+](C)C.Cc1ccc(S(=O)(=O)[O-])cc1. The summed E-state index contributed by atoms with van der Waals surface area (Å²) in [6, 6.07) is 5.78. The van der Waals surface area contributed by atoms with E-state index < -0.39 is 10.1 Å². The number of benzene rings is 1. The molecular weight excluding hydrogens is 436 g/mol. The van der Waals surface area contributed by atoms with Crippen LogP contribution in [0.4, 0.5) is 0 Å². The van der Waals surface area contributed by atoms with Crippen LogP contribution in [0.3, 0.4) is 0 Å². The highest BCUT2D eigenvalue weighted by molar-refractivity contribution is 7.95. The van der Waals surface area contributed by atoms with Gasteiger partial charge >= 0.3 is 0 Å². The zero-order valence-corrected chi connectivity index (χ0v) is 23.0. The lowest BCUT2D eigenvalue weighted by molar-refractivity contribution is 0.463. The van der Waals surface area contributed by atoms with Gasteiger partial charge in [0.25, 0.3) is 0 Å². The fraction of sp³-hybridized carbons (Fsp3) is 0.778. The average molecular weight is 487 g/mol. The van der Waals surface area contributed by atoms with Gasteiger partial charge in [-0.2, -0.15) is 0 Å². The molecule has 0 N–H and O–H groups in total. The Labute approximate surface area is 203 Å². The summed E-state index contributed by atoms with van der Waals surface area (Å²) < 4.78 is 31.2. The lowest BCUT2D eigenvalue weighted by Crippen LogP contribution is -2.00. The number of hydrogen-bond acceptors (Lipinski definition) is 3. The van der Waals surface area contributed by atoms with Crippen LogP contribution in [0.2, 0.25) is 0 Å².